The lowest BCUT2D eigenvalue weighted by Crippen LogP contribution is -2.44. The number of halogens is 2. The summed E-state index contributed by atoms with van der Waals surface area (Å²) in [5.74, 6) is 0. The van der Waals surface area contributed by atoms with Gasteiger partial charge in [-0.3, -0.25) is 0 Å². The van der Waals surface area contributed by atoms with Crippen molar-refractivity contribution in [2.75, 3.05) is 45.5 Å². The molecule has 0 atom stereocenters. The minimum absolute atomic E-state index is 0.876. The monoisotopic (exact) mass is 389 g/mol. The summed E-state index contributed by atoms with van der Waals surface area (Å²) in [5.41, 5.74) is 8.21. The van der Waals surface area contributed by atoms with Gasteiger partial charge in [-0.25, -0.2) is 0 Å². The SMILES string of the molecule is CN1CCN(CCCc2cc(Br)cc(Br)c2N)CC1. The number of likely N-dealkylation sites (N-methyl/N-ethyl adjacent to an activating group) is 1. The summed E-state index contributed by atoms with van der Waals surface area (Å²) < 4.78 is 2.07. The first-order valence-electron chi connectivity index (χ1n) is 6.70. The lowest BCUT2D eigenvalue weighted by molar-refractivity contribution is 0.153. The second-order valence-corrected chi connectivity index (χ2v) is 6.98. The van der Waals surface area contributed by atoms with Gasteiger partial charge in [-0.05, 0) is 60.1 Å². The van der Waals surface area contributed by atoms with Gasteiger partial charge in [-0.15, -0.1) is 0 Å². The molecule has 0 spiro atoms. The third-order valence-electron chi connectivity index (χ3n) is 3.70. The van der Waals surface area contributed by atoms with E-state index < -0.39 is 0 Å². The van der Waals surface area contributed by atoms with E-state index in [9.17, 15) is 0 Å². The fourth-order valence-corrected chi connectivity index (χ4v) is 3.72. The van der Waals surface area contributed by atoms with Crippen molar-refractivity contribution in [2.24, 2.45) is 0 Å². The van der Waals surface area contributed by atoms with E-state index in [2.05, 4.69) is 54.8 Å². The Kier molecular flexibility index (Phi) is 5.69. The number of hydrogen-bond acceptors (Lipinski definition) is 3. The van der Waals surface area contributed by atoms with Crippen LogP contribution in [0.2, 0.25) is 0 Å². The molecule has 1 aromatic carbocycles. The predicted octanol–water partition coefficient (Wildman–Crippen LogP) is 2.97. The molecule has 1 aliphatic rings. The molecule has 1 aliphatic heterocycles. The van der Waals surface area contributed by atoms with Gasteiger partial charge in [0.05, 0.1) is 0 Å². The third-order valence-corrected chi connectivity index (χ3v) is 4.81. The fraction of sp³-hybridized carbons (Fsp3) is 0.571. The average Bonchev–Trinajstić information content (AvgIpc) is 2.37. The Morgan fingerprint density at radius 1 is 1.16 bits per heavy atom. The first-order chi connectivity index (χ1) is 9.06. The van der Waals surface area contributed by atoms with Crippen LogP contribution in [-0.2, 0) is 6.42 Å². The molecule has 0 unspecified atom stereocenters. The highest BCUT2D eigenvalue weighted by molar-refractivity contribution is 9.11. The zero-order valence-corrected chi connectivity index (χ0v) is 14.5. The van der Waals surface area contributed by atoms with Gasteiger partial charge in [0.15, 0.2) is 0 Å². The summed E-state index contributed by atoms with van der Waals surface area (Å²) in [6.45, 7) is 5.91. The second-order valence-electron chi connectivity index (χ2n) is 5.21. The normalized spacial score (nSPS) is 17.8. The van der Waals surface area contributed by atoms with Crippen LogP contribution >= 0.6 is 31.9 Å². The highest BCUT2D eigenvalue weighted by Crippen LogP contribution is 2.29. The largest absolute Gasteiger partial charge is 0.398 e. The van der Waals surface area contributed by atoms with E-state index in [0.717, 1.165) is 34.0 Å². The Morgan fingerprint density at radius 3 is 2.53 bits per heavy atom. The summed E-state index contributed by atoms with van der Waals surface area (Å²) in [5, 5.41) is 0. The quantitative estimate of drug-likeness (QED) is 0.802. The van der Waals surface area contributed by atoms with Gasteiger partial charge in [-0.1, -0.05) is 15.9 Å². The zero-order chi connectivity index (χ0) is 13.8. The number of anilines is 1. The van der Waals surface area contributed by atoms with E-state index in [1.165, 1.54) is 31.7 Å². The molecule has 0 aliphatic carbocycles. The lowest BCUT2D eigenvalue weighted by Gasteiger charge is -2.32. The minimum Gasteiger partial charge on any atom is -0.398 e. The summed E-state index contributed by atoms with van der Waals surface area (Å²) in [7, 11) is 2.19. The number of nitrogen functional groups attached to an aromatic ring is 1. The van der Waals surface area contributed by atoms with Gasteiger partial charge in [0.25, 0.3) is 0 Å². The Labute approximate surface area is 132 Å². The standard InChI is InChI=1S/C14H21Br2N3/c1-18-5-7-19(8-6-18)4-2-3-11-9-12(15)10-13(16)14(11)17/h9-10H,2-8,17H2,1H3. The number of hydrogen-bond donors (Lipinski definition) is 1. The van der Waals surface area contributed by atoms with Crippen LogP contribution in [0.3, 0.4) is 0 Å². The molecule has 1 aromatic rings. The Hall–Kier alpha value is -0.100. The Balaban J connectivity index is 1.83. The van der Waals surface area contributed by atoms with Crippen molar-refractivity contribution in [1.82, 2.24) is 9.80 Å². The summed E-state index contributed by atoms with van der Waals surface area (Å²) in [4.78, 5) is 4.93. The smallest absolute Gasteiger partial charge is 0.0491 e. The molecule has 5 heteroatoms. The molecular weight excluding hydrogens is 370 g/mol. The summed E-state index contributed by atoms with van der Waals surface area (Å²) in [6, 6.07) is 4.13. The molecule has 0 radical (unpaired) electrons. The van der Waals surface area contributed by atoms with Gasteiger partial charge in [0.2, 0.25) is 0 Å². The van der Waals surface area contributed by atoms with Crippen LogP contribution in [0.15, 0.2) is 21.1 Å². The van der Waals surface area contributed by atoms with Crippen LogP contribution < -0.4 is 5.73 Å². The second kappa shape index (κ2) is 7.07. The maximum atomic E-state index is 6.10. The van der Waals surface area contributed by atoms with Gasteiger partial charge in [0.1, 0.15) is 0 Å². The van der Waals surface area contributed by atoms with Crippen LogP contribution in [0.1, 0.15) is 12.0 Å². The highest BCUT2D eigenvalue weighted by atomic mass is 79.9. The van der Waals surface area contributed by atoms with Gasteiger partial charge in [-0.2, -0.15) is 0 Å². The molecule has 2 rings (SSSR count). The average molecular weight is 391 g/mol. The number of nitrogens with two attached hydrogens (primary N) is 1. The number of nitrogens with zero attached hydrogens (tertiary/aromatic N) is 2. The van der Waals surface area contributed by atoms with Gasteiger partial charge >= 0.3 is 0 Å². The maximum Gasteiger partial charge on any atom is 0.0491 e. The van der Waals surface area contributed by atoms with E-state index in [-0.39, 0.29) is 0 Å². The predicted molar refractivity (Wildman–Crippen MR) is 88.5 cm³/mol. The van der Waals surface area contributed by atoms with Crippen molar-refractivity contribution in [3.8, 4) is 0 Å². The molecule has 0 amide bonds. The van der Waals surface area contributed by atoms with Crippen LogP contribution in [0, 0.1) is 0 Å². The molecule has 1 saturated heterocycles. The number of piperazine rings is 1. The molecule has 19 heavy (non-hydrogen) atoms. The lowest BCUT2D eigenvalue weighted by atomic mass is 10.1. The Bertz CT molecular complexity index is 429. The maximum absolute atomic E-state index is 6.10. The van der Waals surface area contributed by atoms with E-state index in [4.69, 9.17) is 5.73 Å². The summed E-state index contributed by atoms with van der Waals surface area (Å²) in [6.07, 6.45) is 2.20. The van der Waals surface area contributed by atoms with Crippen LogP contribution in [0.25, 0.3) is 0 Å². The molecule has 1 fully saturated rings. The van der Waals surface area contributed by atoms with Crippen molar-refractivity contribution < 1.29 is 0 Å². The molecule has 3 nitrogen and oxygen atoms in total. The Morgan fingerprint density at radius 2 is 1.84 bits per heavy atom. The summed E-state index contributed by atoms with van der Waals surface area (Å²) >= 11 is 7.02. The molecule has 0 bridgehead atoms. The van der Waals surface area contributed by atoms with E-state index in [1.807, 2.05) is 6.07 Å². The molecular formula is C14H21Br2N3. The van der Waals surface area contributed by atoms with Gasteiger partial charge < -0.3 is 15.5 Å². The van der Waals surface area contributed by atoms with Crippen molar-refractivity contribution in [3.63, 3.8) is 0 Å². The fourth-order valence-electron chi connectivity index (χ4n) is 2.41. The third kappa shape index (κ3) is 4.45. The van der Waals surface area contributed by atoms with Crippen LogP contribution in [0.5, 0.6) is 0 Å². The molecule has 106 valence electrons. The molecule has 1 heterocycles. The zero-order valence-electron chi connectivity index (χ0n) is 11.3. The first-order valence-corrected chi connectivity index (χ1v) is 8.29. The molecule has 0 saturated carbocycles. The number of aryl methyl sites for hydroxylation is 1. The van der Waals surface area contributed by atoms with Crippen LogP contribution in [0.4, 0.5) is 5.69 Å². The number of benzene rings is 1. The van der Waals surface area contributed by atoms with Crippen molar-refractivity contribution in [3.05, 3.63) is 26.6 Å². The van der Waals surface area contributed by atoms with Crippen molar-refractivity contribution in [1.29, 1.82) is 0 Å². The topological polar surface area (TPSA) is 32.5 Å². The van der Waals surface area contributed by atoms with E-state index >= 15 is 0 Å². The van der Waals surface area contributed by atoms with E-state index in [0.29, 0.717) is 0 Å². The molecule has 0 aromatic heterocycles. The molecule has 2 N–H and O–H groups in total. The van der Waals surface area contributed by atoms with Gasteiger partial charge in [0, 0.05) is 40.8 Å². The van der Waals surface area contributed by atoms with Crippen LogP contribution in [-0.4, -0.2) is 49.6 Å². The highest BCUT2D eigenvalue weighted by Gasteiger charge is 2.13. The first kappa shape index (κ1) is 15.3. The van der Waals surface area contributed by atoms with Crippen molar-refractivity contribution in [2.45, 2.75) is 12.8 Å². The number of rotatable bonds is 4. The van der Waals surface area contributed by atoms with Crippen molar-refractivity contribution >= 4 is 37.5 Å². The van der Waals surface area contributed by atoms with E-state index in [1.54, 1.807) is 0 Å². The minimum atomic E-state index is 0.876.